The summed E-state index contributed by atoms with van der Waals surface area (Å²) in [7, 11) is 1.59. The molecule has 6 heteroatoms. The lowest BCUT2D eigenvalue weighted by Crippen LogP contribution is -2.49. The van der Waals surface area contributed by atoms with Crippen LogP contribution in [0, 0.1) is 0 Å². The maximum atomic E-state index is 13.6. The van der Waals surface area contributed by atoms with Crippen LogP contribution in [-0.2, 0) is 29.0 Å². The number of nitrogens with zero attached hydrogens (tertiary/aromatic N) is 1. The minimum atomic E-state index is -0.703. The topological polar surface area (TPSA) is 49.4 Å². The van der Waals surface area contributed by atoms with Gasteiger partial charge in [0.15, 0.2) is 0 Å². The van der Waals surface area contributed by atoms with Crippen molar-refractivity contribution in [3.8, 4) is 0 Å². The van der Waals surface area contributed by atoms with Crippen LogP contribution in [0.3, 0.4) is 0 Å². The number of halogens is 2. The van der Waals surface area contributed by atoms with E-state index < -0.39 is 6.04 Å². The van der Waals surface area contributed by atoms with Crippen molar-refractivity contribution in [1.29, 1.82) is 0 Å². The quantitative estimate of drug-likeness (QED) is 0.341. The molecule has 3 rings (SSSR count). The van der Waals surface area contributed by atoms with E-state index in [0.29, 0.717) is 34.4 Å². The molecule has 1 atom stereocenters. The van der Waals surface area contributed by atoms with E-state index in [1.54, 1.807) is 30.1 Å². The molecular weight excluding hydrogens is 479 g/mol. The first-order valence-electron chi connectivity index (χ1n) is 11.9. The summed E-state index contributed by atoms with van der Waals surface area (Å²) in [4.78, 5) is 28.3. The fourth-order valence-corrected chi connectivity index (χ4v) is 4.56. The van der Waals surface area contributed by atoms with Crippen LogP contribution in [0.1, 0.15) is 48.4 Å². The summed E-state index contributed by atoms with van der Waals surface area (Å²) < 4.78 is 0. The molecule has 0 aliphatic heterocycles. The van der Waals surface area contributed by atoms with E-state index >= 15 is 0 Å². The summed E-state index contributed by atoms with van der Waals surface area (Å²) in [6.07, 6.45) is 1.23. The van der Waals surface area contributed by atoms with Crippen LogP contribution >= 0.6 is 23.2 Å². The van der Waals surface area contributed by atoms with E-state index in [9.17, 15) is 9.59 Å². The first-order chi connectivity index (χ1) is 16.8. The predicted molar refractivity (Wildman–Crippen MR) is 144 cm³/mol. The van der Waals surface area contributed by atoms with Gasteiger partial charge in [-0.2, -0.15) is 0 Å². The zero-order valence-corrected chi connectivity index (χ0v) is 21.9. The number of hydrogen-bond acceptors (Lipinski definition) is 2. The Bertz CT molecular complexity index is 1110. The number of aryl methyl sites for hydroxylation is 1. The van der Waals surface area contributed by atoms with Gasteiger partial charge in [-0.1, -0.05) is 97.7 Å². The van der Waals surface area contributed by atoms with Gasteiger partial charge >= 0.3 is 0 Å². The molecule has 1 N–H and O–H groups in total. The molecule has 2 amide bonds. The highest BCUT2D eigenvalue weighted by Crippen LogP contribution is 2.27. The van der Waals surface area contributed by atoms with E-state index in [-0.39, 0.29) is 24.8 Å². The van der Waals surface area contributed by atoms with Crippen LogP contribution in [-0.4, -0.2) is 29.8 Å². The predicted octanol–water partition coefficient (Wildman–Crippen LogP) is 6.44. The van der Waals surface area contributed by atoms with Crippen molar-refractivity contribution < 1.29 is 9.59 Å². The second kappa shape index (κ2) is 12.8. The largest absolute Gasteiger partial charge is 0.357 e. The van der Waals surface area contributed by atoms with E-state index in [1.165, 1.54) is 5.56 Å². The van der Waals surface area contributed by atoms with Gasteiger partial charge in [0.2, 0.25) is 11.8 Å². The monoisotopic (exact) mass is 510 g/mol. The standard InChI is InChI=1S/C29H32Cl2N2O2/c1-20(2)23-15-12-21(13-16-23)14-17-28(34)33(19-24-25(30)10-7-11-26(24)31)27(29(35)32-3)18-22-8-5-4-6-9-22/h4-13,15-16,20,27H,14,17-19H2,1-3H3,(H,32,35)/t27-/m1/s1. The summed E-state index contributed by atoms with van der Waals surface area (Å²) in [6, 6.07) is 22.6. The minimum Gasteiger partial charge on any atom is -0.357 e. The summed E-state index contributed by atoms with van der Waals surface area (Å²) in [5.74, 6) is 0.0953. The molecule has 3 aromatic carbocycles. The highest BCUT2D eigenvalue weighted by atomic mass is 35.5. The molecular formula is C29H32Cl2N2O2. The zero-order chi connectivity index (χ0) is 25.4. The second-order valence-electron chi connectivity index (χ2n) is 8.94. The van der Waals surface area contributed by atoms with Crippen molar-refractivity contribution >= 4 is 35.0 Å². The van der Waals surface area contributed by atoms with E-state index in [1.807, 2.05) is 30.3 Å². The van der Waals surface area contributed by atoms with Crippen LogP contribution in [0.25, 0.3) is 0 Å². The molecule has 3 aromatic rings. The van der Waals surface area contributed by atoms with Gasteiger partial charge < -0.3 is 10.2 Å². The maximum absolute atomic E-state index is 13.6. The Labute approximate surface area is 218 Å². The lowest BCUT2D eigenvalue weighted by molar-refractivity contribution is -0.141. The van der Waals surface area contributed by atoms with Crippen LogP contribution in [0.5, 0.6) is 0 Å². The number of hydrogen-bond donors (Lipinski definition) is 1. The molecule has 0 aliphatic rings. The molecule has 0 saturated carbocycles. The Morgan fingerprint density at radius 2 is 1.49 bits per heavy atom. The number of carbonyl (C=O) groups excluding carboxylic acids is 2. The van der Waals surface area contributed by atoms with Crippen molar-refractivity contribution in [2.45, 2.75) is 51.6 Å². The third-order valence-electron chi connectivity index (χ3n) is 6.18. The summed E-state index contributed by atoms with van der Waals surface area (Å²) >= 11 is 12.9. The molecule has 0 aliphatic carbocycles. The smallest absolute Gasteiger partial charge is 0.242 e. The average molecular weight is 511 g/mol. The Morgan fingerprint density at radius 1 is 0.857 bits per heavy atom. The van der Waals surface area contributed by atoms with E-state index in [2.05, 4.69) is 43.4 Å². The van der Waals surface area contributed by atoms with Crippen molar-refractivity contribution in [3.63, 3.8) is 0 Å². The molecule has 0 heterocycles. The summed E-state index contributed by atoms with van der Waals surface area (Å²) in [6.45, 7) is 4.46. The van der Waals surface area contributed by atoms with E-state index in [0.717, 1.165) is 11.1 Å². The molecule has 4 nitrogen and oxygen atoms in total. The van der Waals surface area contributed by atoms with E-state index in [4.69, 9.17) is 23.2 Å². The first kappa shape index (κ1) is 26.8. The minimum absolute atomic E-state index is 0.126. The zero-order valence-electron chi connectivity index (χ0n) is 20.4. The Morgan fingerprint density at radius 3 is 2.06 bits per heavy atom. The van der Waals surface area contributed by atoms with Crippen LogP contribution in [0.2, 0.25) is 10.0 Å². The summed E-state index contributed by atoms with van der Waals surface area (Å²) in [5.41, 5.74) is 3.94. The molecule has 0 saturated heterocycles. The number of benzene rings is 3. The Hall–Kier alpha value is -2.82. The third kappa shape index (κ3) is 7.33. The highest BCUT2D eigenvalue weighted by molar-refractivity contribution is 6.36. The fourth-order valence-electron chi connectivity index (χ4n) is 4.04. The first-order valence-corrected chi connectivity index (χ1v) is 12.6. The van der Waals surface area contributed by atoms with Crippen molar-refractivity contribution in [2.75, 3.05) is 7.05 Å². The lowest BCUT2D eigenvalue weighted by Gasteiger charge is -2.32. The molecule has 35 heavy (non-hydrogen) atoms. The Balaban J connectivity index is 1.89. The molecule has 0 bridgehead atoms. The van der Waals surface area contributed by atoms with Gasteiger partial charge in [0, 0.05) is 42.0 Å². The van der Waals surface area contributed by atoms with Gasteiger partial charge in [0.1, 0.15) is 6.04 Å². The SMILES string of the molecule is CNC(=O)[C@@H](Cc1ccccc1)N(Cc1c(Cl)cccc1Cl)C(=O)CCc1ccc(C(C)C)cc1. The van der Waals surface area contributed by atoms with Crippen molar-refractivity contribution in [2.24, 2.45) is 0 Å². The van der Waals surface area contributed by atoms with Crippen LogP contribution < -0.4 is 5.32 Å². The molecule has 0 unspecified atom stereocenters. The van der Waals surface area contributed by atoms with Crippen LogP contribution in [0.4, 0.5) is 0 Å². The van der Waals surface area contributed by atoms with Gasteiger partial charge in [-0.25, -0.2) is 0 Å². The molecule has 0 fully saturated rings. The number of amides is 2. The number of likely N-dealkylation sites (N-methyl/N-ethyl adjacent to an activating group) is 1. The van der Waals surface area contributed by atoms with Gasteiger partial charge in [0.05, 0.1) is 0 Å². The molecule has 0 spiro atoms. The van der Waals surface area contributed by atoms with Gasteiger partial charge in [0.25, 0.3) is 0 Å². The molecule has 0 aromatic heterocycles. The van der Waals surface area contributed by atoms with Gasteiger partial charge in [-0.15, -0.1) is 0 Å². The highest BCUT2D eigenvalue weighted by Gasteiger charge is 2.30. The van der Waals surface area contributed by atoms with Crippen LogP contribution in [0.15, 0.2) is 72.8 Å². The maximum Gasteiger partial charge on any atom is 0.242 e. The third-order valence-corrected chi connectivity index (χ3v) is 6.89. The van der Waals surface area contributed by atoms with Crippen molar-refractivity contribution in [3.05, 3.63) is 105 Å². The lowest BCUT2D eigenvalue weighted by atomic mass is 9.99. The van der Waals surface area contributed by atoms with Crippen molar-refractivity contribution in [1.82, 2.24) is 10.2 Å². The Kier molecular flexibility index (Phi) is 9.76. The number of rotatable bonds is 10. The fraction of sp³-hybridized carbons (Fsp3) is 0.310. The molecule has 184 valence electrons. The second-order valence-corrected chi connectivity index (χ2v) is 9.75. The molecule has 0 radical (unpaired) electrons. The number of nitrogens with one attached hydrogen (secondary N) is 1. The average Bonchev–Trinajstić information content (AvgIpc) is 2.86. The van der Waals surface area contributed by atoms with Gasteiger partial charge in [-0.3, -0.25) is 9.59 Å². The summed E-state index contributed by atoms with van der Waals surface area (Å²) in [5, 5.41) is 3.66. The number of carbonyl (C=O) groups is 2. The van der Waals surface area contributed by atoms with Gasteiger partial charge in [-0.05, 0) is 41.2 Å². The normalized spacial score (nSPS) is 11.8.